The maximum atomic E-state index is 12.7. The smallest absolute Gasteiger partial charge is 0.307 e. The summed E-state index contributed by atoms with van der Waals surface area (Å²) in [5.74, 6) is 7.40. The Balaban J connectivity index is 0.985. The average molecular weight is 527 g/mol. The number of esters is 1. The van der Waals surface area contributed by atoms with Crippen molar-refractivity contribution >= 4 is 5.97 Å². The minimum Gasteiger partial charge on any atom is -0.438 e. The van der Waals surface area contributed by atoms with Crippen molar-refractivity contribution in [2.45, 2.75) is 143 Å². The summed E-state index contributed by atoms with van der Waals surface area (Å²) in [6.07, 6.45) is 23.0. The number of carbonyl (C=O) groups is 1. The Morgan fingerprint density at radius 1 is 0.842 bits per heavy atom. The molecular weight excluding hydrogens is 468 g/mol. The number of carbonyl (C=O) groups excluding carboxylic acids is 1. The molecule has 0 amide bonds. The van der Waals surface area contributed by atoms with E-state index in [0.717, 1.165) is 41.9 Å². The lowest BCUT2D eigenvalue weighted by atomic mass is 9.44. The Morgan fingerprint density at radius 2 is 1.61 bits per heavy atom. The monoisotopic (exact) mass is 526 g/mol. The zero-order chi connectivity index (χ0) is 26.5. The molecular formula is C35H58O3. The third-order valence-electron chi connectivity index (χ3n) is 14.1. The summed E-state index contributed by atoms with van der Waals surface area (Å²) in [7, 11) is 0. The summed E-state index contributed by atoms with van der Waals surface area (Å²) in [4.78, 5) is 12.7. The van der Waals surface area contributed by atoms with Gasteiger partial charge in [0, 0.05) is 6.42 Å². The van der Waals surface area contributed by atoms with Gasteiger partial charge in [-0.2, -0.15) is 0 Å². The lowest BCUT2D eigenvalue weighted by Crippen LogP contribution is -2.53. The van der Waals surface area contributed by atoms with E-state index in [1.807, 2.05) is 0 Å². The first-order chi connectivity index (χ1) is 18.3. The van der Waals surface area contributed by atoms with Crippen LogP contribution in [0.5, 0.6) is 0 Å². The van der Waals surface area contributed by atoms with Crippen LogP contribution in [-0.2, 0) is 14.3 Å². The van der Waals surface area contributed by atoms with Crippen molar-refractivity contribution < 1.29 is 14.3 Å². The van der Waals surface area contributed by atoms with Crippen LogP contribution in [0.1, 0.15) is 137 Å². The van der Waals surface area contributed by atoms with Crippen LogP contribution in [0, 0.1) is 64.1 Å². The molecule has 3 nitrogen and oxygen atoms in total. The van der Waals surface area contributed by atoms with Gasteiger partial charge in [-0.25, -0.2) is 0 Å². The number of hydrogen-bond acceptors (Lipinski definition) is 3. The van der Waals surface area contributed by atoms with E-state index in [4.69, 9.17) is 9.47 Å². The lowest BCUT2D eigenvalue weighted by molar-refractivity contribution is -0.176. The van der Waals surface area contributed by atoms with Crippen molar-refractivity contribution in [2.24, 2.45) is 64.1 Å². The summed E-state index contributed by atoms with van der Waals surface area (Å²) < 4.78 is 11.9. The van der Waals surface area contributed by atoms with Crippen LogP contribution in [0.15, 0.2) is 0 Å². The molecule has 6 rings (SSSR count). The minimum atomic E-state index is -0.0434. The van der Waals surface area contributed by atoms with Crippen molar-refractivity contribution in [2.75, 3.05) is 6.79 Å². The second kappa shape index (κ2) is 11.0. The van der Waals surface area contributed by atoms with E-state index in [-0.39, 0.29) is 12.8 Å². The van der Waals surface area contributed by atoms with Crippen LogP contribution in [0.25, 0.3) is 0 Å². The van der Waals surface area contributed by atoms with Gasteiger partial charge < -0.3 is 9.47 Å². The van der Waals surface area contributed by atoms with Gasteiger partial charge in [0.15, 0.2) is 6.79 Å². The maximum absolute atomic E-state index is 12.7. The van der Waals surface area contributed by atoms with Gasteiger partial charge in [0.25, 0.3) is 0 Å². The van der Waals surface area contributed by atoms with Gasteiger partial charge in [0.2, 0.25) is 0 Å². The highest BCUT2D eigenvalue weighted by Crippen LogP contribution is 2.68. The Kier molecular flexibility index (Phi) is 8.00. The fourth-order valence-electron chi connectivity index (χ4n) is 12.3. The van der Waals surface area contributed by atoms with Crippen molar-refractivity contribution in [1.82, 2.24) is 0 Å². The van der Waals surface area contributed by atoms with Gasteiger partial charge in [-0.05, 0) is 148 Å². The van der Waals surface area contributed by atoms with E-state index in [2.05, 4.69) is 27.7 Å². The molecule has 8 unspecified atom stereocenters. The standard InChI is InChI=1S/C35H58O3/c1-23-20-25-8-7-9-26(21-23)33(25)38-22-37-32(36)16-11-24(2)29-14-15-30-28-13-12-27-10-5-6-18-34(27,3)31(28)17-19-35(29,30)4/h23-31,33H,5-22H2,1-4H3/t23?,24?,25?,26?,27?,28?,29?,30?,31?,33?,34-,35+/m0/s1. The van der Waals surface area contributed by atoms with E-state index >= 15 is 0 Å². The Morgan fingerprint density at radius 3 is 2.39 bits per heavy atom. The highest BCUT2D eigenvalue weighted by atomic mass is 16.7. The van der Waals surface area contributed by atoms with Crippen LogP contribution in [0.3, 0.4) is 0 Å². The number of ether oxygens (including phenoxy) is 2. The van der Waals surface area contributed by atoms with E-state index in [9.17, 15) is 4.79 Å². The van der Waals surface area contributed by atoms with Crippen LogP contribution >= 0.6 is 0 Å². The highest BCUT2D eigenvalue weighted by molar-refractivity contribution is 5.69. The molecule has 0 aromatic rings. The highest BCUT2D eigenvalue weighted by Gasteiger charge is 2.60. The molecule has 0 aromatic carbocycles. The van der Waals surface area contributed by atoms with Gasteiger partial charge in [0.1, 0.15) is 0 Å². The van der Waals surface area contributed by atoms with Gasteiger partial charge in [-0.15, -0.1) is 0 Å². The summed E-state index contributed by atoms with van der Waals surface area (Å²) >= 11 is 0. The zero-order valence-corrected chi connectivity index (χ0v) is 25.2. The molecule has 0 spiro atoms. The first kappa shape index (κ1) is 27.6. The molecule has 6 aliphatic carbocycles. The first-order valence-electron chi connectivity index (χ1n) is 17.1. The van der Waals surface area contributed by atoms with Crippen molar-refractivity contribution in [3.8, 4) is 0 Å². The molecule has 10 atom stereocenters. The molecule has 0 aliphatic heterocycles. The second-order valence-corrected chi connectivity index (χ2v) is 15.9. The van der Waals surface area contributed by atoms with Crippen molar-refractivity contribution in [1.29, 1.82) is 0 Å². The topological polar surface area (TPSA) is 35.5 Å². The molecule has 6 aliphatic rings. The van der Waals surface area contributed by atoms with Crippen LogP contribution in [0.2, 0.25) is 0 Å². The third kappa shape index (κ3) is 4.92. The number of hydrogen-bond donors (Lipinski definition) is 0. The van der Waals surface area contributed by atoms with E-state index in [0.29, 0.717) is 41.1 Å². The molecule has 2 bridgehead atoms. The minimum absolute atomic E-state index is 0.0434. The first-order valence-corrected chi connectivity index (χ1v) is 17.1. The fourth-order valence-corrected chi connectivity index (χ4v) is 12.3. The van der Waals surface area contributed by atoms with Crippen molar-refractivity contribution in [3.05, 3.63) is 0 Å². The van der Waals surface area contributed by atoms with Gasteiger partial charge in [0.05, 0.1) is 6.10 Å². The van der Waals surface area contributed by atoms with E-state index in [1.54, 1.807) is 0 Å². The molecule has 0 heterocycles. The normalized spacial score (nSPS) is 48.9. The molecule has 3 heteroatoms. The van der Waals surface area contributed by atoms with Gasteiger partial charge in [-0.3, -0.25) is 4.79 Å². The molecule has 216 valence electrons. The van der Waals surface area contributed by atoms with Crippen LogP contribution < -0.4 is 0 Å². The van der Waals surface area contributed by atoms with E-state index in [1.165, 1.54) is 96.3 Å². The molecule has 0 radical (unpaired) electrons. The van der Waals surface area contributed by atoms with Crippen molar-refractivity contribution in [3.63, 3.8) is 0 Å². The Bertz CT molecular complexity index is 825. The summed E-state index contributed by atoms with van der Waals surface area (Å²) in [6.45, 7) is 10.4. The number of fused-ring (bicyclic) bond motifs is 7. The molecule has 6 saturated carbocycles. The average Bonchev–Trinajstić information content (AvgIpc) is 3.24. The Hall–Kier alpha value is -0.570. The fraction of sp³-hybridized carbons (Fsp3) is 0.971. The lowest BCUT2D eigenvalue weighted by Gasteiger charge is -2.61. The SMILES string of the molecule is CC1CC2CCCC(C1)C2OCOC(=O)CCC(C)C1CCC2C3CCC4CCCC[C@]4(C)C3CC[C@]12C. The number of rotatable bonds is 7. The predicted octanol–water partition coefficient (Wildman–Crippen LogP) is 9.18. The largest absolute Gasteiger partial charge is 0.438 e. The predicted molar refractivity (Wildman–Crippen MR) is 153 cm³/mol. The summed E-state index contributed by atoms with van der Waals surface area (Å²) in [6, 6.07) is 0. The van der Waals surface area contributed by atoms with E-state index < -0.39 is 0 Å². The molecule has 0 N–H and O–H groups in total. The summed E-state index contributed by atoms with van der Waals surface area (Å²) in [5, 5.41) is 0. The molecule has 0 saturated heterocycles. The van der Waals surface area contributed by atoms with Crippen LogP contribution in [0.4, 0.5) is 0 Å². The summed E-state index contributed by atoms with van der Waals surface area (Å²) in [5.41, 5.74) is 1.12. The third-order valence-corrected chi connectivity index (χ3v) is 14.1. The maximum Gasteiger partial charge on any atom is 0.307 e. The van der Waals surface area contributed by atoms with Gasteiger partial charge in [-0.1, -0.05) is 47.0 Å². The zero-order valence-electron chi connectivity index (χ0n) is 25.2. The molecule has 6 fully saturated rings. The van der Waals surface area contributed by atoms with Crippen LogP contribution in [-0.4, -0.2) is 18.9 Å². The van der Waals surface area contributed by atoms with Gasteiger partial charge >= 0.3 is 5.97 Å². The molecule has 0 aromatic heterocycles. The Labute approximate surface area is 234 Å². The quantitative estimate of drug-likeness (QED) is 0.245. The second-order valence-electron chi connectivity index (χ2n) is 15.9. The molecule has 38 heavy (non-hydrogen) atoms.